The average molecular weight is 360 g/mol. The third-order valence-electron chi connectivity index (χ3n) is 4.03. The summed E-state index contributed by atoms with van der Waals surface area (Å²) in [6.45, 7) is 1.14. The third kappa shape index (κ3) is 4.38. The van der Waals surface area contributed by atoms with Gasteiger partial charge in [-0.15, -0.1) is 0 Å². The van der Waals surface area contributed by atoms with Gasteiger partial charge in [-0.05, 0) is 0 Å². The number of amidine groups is 1. The van der Waals surface area contributed by atoms with Gasteiger partial charge in [0.05, 0.1) is 25.0 Å². The highest BCUT2D eigenvalue weighted by molar-refractivity contribution is 8.14. The molecule has 0 bridgehead atoms. The molecule has 0 aromatic heterocycles. The zero-order valence-electron chi connectivity index (χ0n) is 13.3. The number of nitrogens with one attached hydrogen (secondary N) is 1. The number of hydrogen-bond acceptors (Lipinski definition) is 8. The predicted molar refractivity (Wildman–Crippen MR) is 84.7 cm³/mol. The quantitative estimate of drug-likeness (QED) is 0.566. The summed E-state index contributed by atoms with van der Waals surface area (Å²) in [6.07, 6.45) is -1.18. The van der Waals surface area contributed by atoms with Crippen LogP contribution in [0.15, 0.2) is 4.99 Å². The van der Waals surface area contributed by atoms with Gasteiger partial charge in [0.1, 0.15) is 12.0 Å². The molecule has 9 nitrogen and oxygen atoms in total. The van der Waals surface area contributed by atoms with Crippen molar-refractivity contribution in [1.29, 1.82) is 0 Å². The van der Waals surface area contributed by atoms with Crippen LogP contribution in [0.4, 0.5) is 0 Å². The monoisotopic (exact) mass is 360 g/mol. The molecule has 0 radical (unpaired) electrons. The summed E-state index contributed by atoms with van der Waals surface area (Å²) in [4.78, 5) is 38.0. The van der Waals surface area contributed by atoms with E-state index in [1.165, 1.54) is 18.7 Å². The van der Waals surface area contributed by atoms with Gasteiger partial charge >= 0.3 is 17.9 Å². The Labute approximate surface area is 142 Å². The van der Waals surface area contributed by atoms with Crippen molar-refractivity contribution >= 4 is 34.8 Å². The maximum atomic E-state index is 11.3. The molecule has 5 atom stereocenters. The van der Waals surface area contributed by atoms with Gasteiger partial charge in [0, 0.05) is 25.8 Å². The van der Waals surface area contributed by atoms with Crippen molar-refractivity contribution in [2.45, 2.75) is 37.3 Å². The lowest BCUT2D eigenvalue weighted by atomic mass is 9.76. The number of carbonyl (C=O) groups is 3. The SMILES string of the molecule is CNC1=N[C@@H]2[C@H](CC(=O)O)[C@H](CC(=O)O)[C@H](COC(C)=O)O[C@@H]2S1. The summed E-state index contributed by atoms with van der Waals surface area (Å²) < 4.78 is 10.9. The maximum absolute atomic E-state index is 11.3. The van der Waals surface area contributed by atoms with E-state index in [2.05, 4.69) is 10.3 Å². The number of rotatable bonds is 6. The molecule has 0 aliphatic carbocycles. The fourth-order valence-corrected chi connectivity index (χ4v) is 4.18. The van der Waals surface area contributed by atoms with Crippen molar-refractivity contribution in [3.8, 4) is 0 Å². The first-order valence-electron chi connectivity index (χ1n) is 7.46. The van der Waals surface area contributed by atoms with Crippen molar-refractivity contribution in [3.05, 3.63) is 0 Å². The Kier molecular flexibility index (Phi) is 6.05. The van der Waals surface area contributed by atoms with E-state index in [9.17, 15) is 24.6 Å². The van der Waals surface area contributed by atoms with Crippen molar-refractivity contribution in [3.63, 3.8) is 0 Å². The number of aliphatic carboxylic acids is 2. The van der Waals surface area contributed by atoms with Crippen LogP contribution < -0.4 is 5.32 Å². The first-order valence-corrected chi connectivity index (χ1v) is 8.34. The summed E-state index contributed by atoms with van der Waals surface area (Å²) in [5.41, 5.74) is -0.428. The Morgan fingerprint density at radius 2 is 1.88 bits per heavy atom. The lowest BCUT2D eigenvalue weighted by Crippen LogP contribution is -2.50. The number of thioether (sulfide) groups is 1. The Hall–Kier alpha value is -1.81. The number of esters is 1. The predicted octanol–water partition coefficient (Wildman–Crippen LogP) is 0.147. The molecule has 2 rings (SSSR count). The van der Waals surface area contributed by atoms with E-state index in [1.807, 2.05) is 0 Å². The minimum Gasteiger partial charge on any atom is -0.481 e. The molecule has 134 valence electrons. The largest absolute Gasteiger partial charge is 0.481 e. The molecule has 0 unspecified atom stereocenters. The molecule has 3 N–H and O–H groups in total. The summed E-state index contributed by atoms with van der Waals surface area (Å²) in [5.74, 6) is -3.72. The minimum atomic E-state index is -1.06. The highest BCUT2D eigenvalue weighted by Crippen LogP contribution is 2.44. The normalized spacial score (nSPS) is 31.8. The van der Waals surface area contributed by atoms with E-state index in [0.29, 0.717) is 5.17 Å². The van der Waals surface area contributed by atoms with Crippen LogP contribution >= 0.6 is 11.8 Å². The molecule has 0 aromatic rings. The van der Waals surface area contributed by atoms with Gasteiger partial charge in [0.2, 0.25) is 0 Å². The fourth-order valence-electron chi connectivity index (χ4n) is 3.06. The van der Waals surface area contributed by atoms with Crippen LogP contribution in [-0.2, 0) is 23.9 Å². The molecule has 0 saturated carbocycles. The standard InChI is InChI=1S/C14H20N2O7S/c1-6(17)22-5-9-7(3-10(18)19)8(4-11(20)21)12-13(23-9)24-14(15-2)16-12/h7-9,12-13H,3-5H2,1-2H3,(H,15,16)(H,18,19)(H,20,21)/t7-,8+,9-,12+,13+/m0/s1. The molecule has 2 aliphatic rings. The van der Waals surface area contributed by atoms with Gasteiger partial charge in [-0.25, -0.2) is 0 Å². The first-order chi connectivity index (χ1) is 11.3. The molecule has 2 heterocycles. The number of fused-ring (bicyclic) bond motifs is 1. The Balaban J connectivity index is 2.27. The highest BCUT2D eigenvalue weighted by atomic mass is 32.2. The van der Waals surface area contributed by atoms with Gasteiger partial charge in [0.25, 0.3) is 0 Å². The molecular formula is C14H20N2O7S. The van der Waals surface area contributed by atoms with Crippen molar-refractivity contribution < 1.29 is 34.1 Å². The van der Waals surface area contributed by atoms with Gasteiger partial charge in [-0.3, -0.25) is 19.4 Å². The fraction of sp³-hybridized carbons (Fsp3) is 0.714. The molecular weight excluding hydrogens is 340 g/mol. The second-order valence-electron chi connectivity index (χ2n) is 5.66. The van der Waals surface area contributed by atoms with E-state index >= 15 is 0 Å². The molecule has 0 spiro atoms. The van der Waals surface area contributed by atoms with Crippen LogP contribution in [-0.4, -0.2) is 64.5 Å². The van der Waals surface area contributed by atoms with Crippen LogP contribution in [0.2, 0.25) is 0 Å². The van der Waals surface area contributed by atoms with E-state index in [4.69, 9.17) is 9.47 Å². The molecule has 1 fully saturated rings. The number of aliphatic imine (C=N–C) groups is 1. The van der Waals surface area contributed by atoms with Crippen molar-refractivity contribution in [2.75, 3.05) is 13.7 Å². The highest BCUT2D eigenvalue weighted by Gasteiger charge is 2.50. The lowest BCUT2D eigenvalue weighted by molar-refractivity contribution is -0.162. The van der Waals surface area contributed by atoms with Gasteiger partial charge in [-0.2, -0.15) is 0 Å². The van der Waals surface area contributed by atoms with Crippen LogP contribution in [0.5, 0.6) is 0 Å². The number of carboxylic acids is 2. The van der Waals surface area contributed by atoms with Gasteiger partial charge < -0.3 is 25.0 Å². The zero-order chi connectivity index (χ0) is 17.9. The Morgan fingerprint density at radius 3 is 2.42 bits per heavy atom. The molecule has 1 saturated heterocycles. The second-order valence-corrected chi connectivity index (χ2v) is 6.75. The molecule has 0 aromatic carbocycles. The molecule has 24 heavy (non-hydrogen) atoms. The van der Waals surface area contributed by atoms with E-state index in [0.717, 1.165) is 0 Å². The average Bonchev–Trinajstić information content (AvgIpc) is 2.89. The van der Waals surface area contributed by atoms with Crippen molar-refractivity contribution in [1.82, 2.24) is 5.32 Å². The van der Waals surface area contributed by atoms with Crippen LogP contribution in [0.1, 0.15) is 19.8 Å². The minimum absolute atomic E-state index is 0.109. The van der Waals surface area contributed by atoms with Crippen LogP contribution in [0.3, 0.4) is 0 Å². The number of hydrogen-bond donors (Lipinski definition) is 3. The summed E-state index contributed by atoms with van der Waals surface area (Å²) in [7, 11) is 1.69. The number of carbonyl (C=O) groups excluding carboxylic acids is 1. The van der Waals surface area contributed by atoms with E-state index in [1.54, 1.807) is 7.05 Å². The zero-order valence-corrected chi connectivity index (χ0v) is 14.1. The molecule has 0 amide bonds. The summed E-state index contributed by atoms with van der Waals surface area (Å²) >= 11 is 1.32. The number of carboxylic acid groups (broad SMARTS) is 2. The number of nitrogens with zero attached hydrogens (tertiary/aromatic N) is 1. The van der Waals surface area contributed by atoms with Crippen LogP contribution in [0.25, 0.3) is 0 Å². The maximum Gasteiger partial charge on any atom is 0.303 e. The third-order valence-corrected chi connectivity index (χ3v) is 5.19. The summed E-state index contributed by atoms with van der Waals surface area (Å²) in [6, 6.07) is -0.452. The Morgan fingerprint density at radius 1 is 1.25 bits per heavy atom. The van der Waals surface area contributed by atoms with E-state index in [-0.39, 0.29) is 19.4 Å². The molecule has 10 heteroatoms. The van der Waals surface area contributed by atoms with E-state index < -0.39 is 47.3 Å². The first kappa shape index (κ1) is 18.5. The molecule has 2 aliphatic heterocycles. The number of ether oxygens (including phenoxy) is 2. The smallest absolute Gasteiger partial charge is 0.303 e. The summed E-state index contributed by atoms with van der Waals surface area (Å²) in [5, 5.41) is 21.9. The van der Waals surface area contributed by atoms with Crippen molar-refractivity contribution in [2.24, 2.45) is 16.8 Å². The lowest BCUT2D eigenvalue weighted by Gasteiger charge is -2.42. The van der Waals surface area contributed by atoms with Crippen LogP contribution in [0, 0.1) is 11.8 Å². The van der Waals surface area contributed by atoms with Gasteiger partial charge in [0.15, 0.2) is 5.17 Å². The Bertz CT molecular complexity index is 553. The second kappa shape index (κ2) is 7.84. The van der Waals surface area contributed by atoms with Gasteiger partial charge in [-0.1, -0.05) is 11.8 Å². The topological polar surface area (TPSA) is 135 Å².